The molecule has 3 N–H and O–H groups in total. The molecule has 142 valence electrons. The zero-order chi connectivity index (χ0) is 19.0. The van der Waals surface area contributed by atoms with Gasteiger partial charge in [0.05, 0.1) is 12.6 Å². The number of carbonyl (C=O) groups excluding carboxylic acids is 1. The van der Waals surface area contributed by atoms with Crippen LogP contribution >= 0.6 is 0 Å². The van der Waals surface area contributed by atoms with Gasteiger partial charge in [-0.15, -0.1) is 0 Å². The van der Waals surface area contributed by atoms with E-state index < -0.39 is 11.7 Å². The number of halogens is 1. The van der Waals surface area contributed by atoms with Gasteiger partial charge in [-0.25, -0.2) is 4.39 Å². The largest absolute Gasteiger partial charge is 0.386 e. The molecule has 1 saturated heterocycles. The van der Waals surface area contributed by atoms with Crippen molar-refractivity contribution in [3.63, 3.8) is 0 Å². The minimum absolute atomic E-state index is 0.0566. The maximum atomic E-state index is 13.4. The Morgan fingerprint density at radius 3 is 2.70 bits per heavy atom. The van der Waals surface area contributed by atoms with Crippen LogP contribution < -0.4 is 5.73 Å². The molecule has 2 aromatic rings. The Morgan fingerprint density at radius 2 is 2.00 bits per heavy atom. The smallest absolute Gasteiger partial charge is 0.252 e. The Labute approximate surface area is 157 Å². The number of nitrogens with zero attached hydrogens (tertiary/aromatic N) is 1. The molecule has 2 heterocycles. The number of hydrogen-bond acceptors (Lipinski definition) is 4. The molecule has 2 aliphatic rings. The summed E-state index contributed by atoms with van der Waals surface area (Å²) in [5.74, 6) is -0.476. The first kappa shape index (κ1) is 18.1. The molecule has 0 spiro atoms. The van der Waals surface area contributed by atoms with Crippen LogP contribution in [0, 0.1) is 5.82 Å². The zero-order valence-corrected chi connectivity index (χ0v) is 15.0. The molecule has 27 heavy (non-hydrogen) atoms. The molecule has 6 heteroatoms. The minimum atomic E-state index is -1.15. The van der Waals surface area contributed by atoms with Gasteiger partial charge >= 0.3 is 0 Å². The lowest BCUT2D eigenvalue weighted by Crippen LogP contribution is -2.46. The second-order valence-electron chi connectivity index (χ2n) is 7.37. The summed E-state index contributed by atoms with van der Waals surface area (Å²) in [7, 11) is 0. The van der Waals surface area contributed by atoms with E-state index in [-0.39, 0.29) is 37.3 Å². The van der Waals surface area contributed by atoms with Gasteiger partial charge in [0.2, 0.25) is 0 Å². The van der Waals surface area contributed by atoms with Crippen molar-refractivity contribution in [2.75, 3.05) is 19.7 Å². The van der Waals surface area contributed by atoms with E-state index in [4.69, 9.17) is 10.5 Å². The highest BCUT2D eigenvalue weighted by molar-refractivity contribution is 5.82. The molecule has 0 aliphatic carbocycles. The SMILES string of the molecule is NC[C@]1(O)CO[C@H](C(=O)N2CCc3ccccc3[C@@H]2c2ccc(F)cc2)C1. The lowest BCUT2D eigenvalue weighted by Gasteiger charge is -2.39. The van der Waals surface area contributed by atoms with E-state index in [2.05, 4.69) is 6.07 Å². The van der Waals surface area contributed by atoms with Crippen LogP contribution in [0.25, 0.3) is 0 Å². The number of rotatable bonds is 3. The predicted octanol–water partition coefficient (Wildman–Crippen LogP) is 1.78. The maximum Gasteiger partial charge on any atom is 0.252 e. The molecule has 2 aromatic carbocycles. The minimum Gasteiger partial charge on any atom is -0.386 e. The third-order valence-corrected chi connectivity index (χ3v) is 5.53. The number of benzene rings is 2. The van der Waals surface area contributed by atoms with Crippen LogP contribution in [0.3, 0.4) is 0 Å². The number of carbonyl (C=O) groups is 1. The Bertz CT molecular complexity index is 842. The summed E-state index contributed by atoms with van der Waals surface area (Å²) in [6.45, 7) is 0.658. The van der Waals surface area contributed by atoms with Gasteiger partial charge in [-0.2, -0.15) is 0 Å². The van der Waals surface area contributed by atoms with Crippen LogP contribution in [0.4, 0.5) is 4.39 Å². The Hall–Kier alpha value is -2.28. The van der Waals surface area contributed by atoms with Gasteiger partial charge in [0.1, 0.15) is 17.5 Å². The van der Waals surface area contributed by atoms with E-state index in [1.165, 1.54) is 17.7 Å². The van der Waals surface area contributed by atoms with Crippen LogP contribution in [0.2, 0.25) is 0 Å². The van der Waals surface area contributed by atoms with Crippen LogP contribution in [0.5, 0.6) is 0 Å². The van der Waals surface area contributed by atoms with Crippen molar-refractivity contribution in [2.24, 2.45) is 5.73 Å². The van der Waals surface area contributed by atoms with Crippen LogP contribution in [0.1, 0.15) is 29.2 Å². The third-order valence-electron chi connectivity index (χ3n) is 5.53. The van der Waals surface area contributed by atoms with E-state index >= 15 is 0 Å². The summed E-state index contributed by atoms with van der Waals surface area (Å²) in [5, 5.41) is 10.3. The predicted molar refractivity (Wildman–Crippen MR) is 98.5 cm³/mol. The maximum absolute atomic E-state index is 13.4. The second kappa shape index (κ2) is 7.03. The van der Waals surface area contributed by atoms with Gasteiger partial charge in [0.25, 0.3) is 5.91 Å². The summed E-state index contributed by atoms with van der Waals surface area (Å²) in [5.41, 5.74) is 7.53. The highest BCUT2D eigenvalue weighted by Crippen LogP contribution is 2.37. The van der Waals surface area contributed by atoms with Crippen LogP contribution in [-0.2, 0) is 16.0 Å². The normalized spacial score (nSPS) is 27.4. The van der Waals surface area contributed by atoms with Gasteiger partial charge in [-0.3, -0.25) is 4.79 Å². The average Bonchev–Trinajstić information content (AvgIpc) is 3.10. The molecule has 4 rings (SSSR count). The van der Waals surface area contributed by atoms with E-state index in [1.54, 1.807) is 17.0 Å². The molecular weight excluding hydrogens is 347 g/mol. The molecule has 0 bridgehead atoms. The monoisotopic (exact) mass is 370 g/mol. The Kier molecular flexibility index (Phi) is 4.72. The summed E-state index contributed by atoms with van der Waals surface area (Å²) in [6.07, 6.45) is 0.219. The summed E-state index contributed by atoms with van der Waals surface area (Å²) >= 11 is 0. The first-order valence-electron chi connectivity index (χ1n) is 9.18. The molecule has 5 nitrogen and oxygen atoms in total. The van der Waals surface area contributed by atoms with Crippen molar-refractivity contribution in [1.29, 1.82) is 0 Å². The number of ether oxygens (including phenoxy) is 1. The Morgan fingerprint density at radius 1 is 1.26 bits per heavy atom. The standard InChI is InChI=1S/C21H23FN2O3/c22-16-7-5-15(6-8-16)19-17-4-2-1-3-14(17)9-10-24(19)20(25)18-11-21(26,12-23)13-27-18/h1-8,18-19,26H,9-13,23H2/t18-,19-,21-/m0/s1. The van der Waals surface area contributed by atoms with Gasteiger partial charge in [-0.1, -0.05) is 36.4 Å². The molecule has 0 radical (unpaired) electrons. The van der Waals surface area contributed by atoms with Crippen molar-refractivity contribution < 1.29 is 19.0 Å². The van der Waals surface area contributed by atoms with Crippen molar-refractivity contribution >= 4 is 5.91 Å². The van der Waals surface area contributed by atoms with Gasteiger partial charge < -0.3 is 20.5 Å². The lowest BCUT2D eigenvalue weighted by molar-refractivity contribution is -0.143. The number of hydrogen-bond donors (Lipinski definition) is 2. The number of amides is 1. The van der Waals surface area contributed by atoms with Crippen LogP contribution in [-0.4, -0.2) is 47.3 Å². The number of aliphatic hydroxyl groups is 1. The highest BCUT2D eigenvalue weighted by Gasteiger charge is 2.44. The van der Waals surface area contributed by atoms with E-state index in [0.717, 1.165) is 17.5 Å². The first-order valence-corrected chi connectivity index (χ1v) is 9.18. The van der Waals surface area contributed by atoms with E-state index in [0.29, 0.717) is 6.54 Å². The molecule has 0 unspecified atom stereocenters. The molecular formula is C21H23FN2O3. The van der Waals surface area contributed by atoms with Crippen molar-refractivity contribution in [1.82, 2.24) is 4.90 Å². The zero-order valence-electron chi connectivity index (χ0n) is 15.0. The lowest BCUT2D eigenvalue weighted by atomic mass is 9.87. The van der Waals surface area contributed by atoms with Gasteiger partial charge in [0, 0.05) is 19.5 Å². The third kappa shape index (κ3) is 3.36. The molecule has 1 amide bonds. The molecule has 2 aliphatic heterocycles. The van der Waals surface area contributed by atoms with Crippen molar-refractivity contribution in [3.8, 4) is 0 Å². The molecule has 3 atom stereocenters. The Balaban J connectivity index is 1.69. The topological polar surface area (TPSA) is 75.8 Å². The average molecular weight is 370 g/mol. The highest BCUT2D eigenvalue weighted by atomic mass is 19.1. The summed E-state index contributed by atoms with van der Waals surface area (Å²) < 4.78 is 19.0. The molecule has 0 aromatic heterocycles. The fourth-order valence-corrected chi connectivity index (χ4v) is 4.01. The molecule has 0 saturated carbocycles. The quantitative estimate of drug-likeness (QED) is 0.864. The van der Waals surface area contributed by atoms with E-state index in [9.17, 15) is 14.3 Å². The van der Waals surface area contributed by atoms with Crippen molar-refractivity contribution in [3.05, 3.63) is 71.0 Å². The summed E-state index contributed by atoms with van der Waals surface area (Å²) in [6, 6.07) is 14.0. The second-order valence-corrected chi connectivity index (χ2v) is 7.37. The van der Waals surface area contributed by atoms with E-state index in [1.807, 2.05) is 18.2 Å². The molecule has 1 fully saturated rings. The fraction of sp³-hybridized carbons (Fsp3) is 0.381. The first-order chi connectivity index (χ1) is 13.0. The van der Waals surface area contributed by atoms with Gasteiger partial charge in [0.15, 0.2) is 0 Å². The van der Waals surface area contributed by atoms with Crippen molar-refractivity contribution in [2.45, 2.75) is 30.6 Å². The number of fused-ring (bicyclic) bond motifs is 1. The number of nitrogens with two attached hydrogens (primary N) is 1. The van der Waals surface area contributed by atoms with Gasteiger partial charge in [-0.05, 0) is 35.2 Å². The van der Waals surface area contributed by atoms with Crippen LogP contribution in [0.15, 0.2) is 48.5 Å². The summed E-state index contributed by atoms with van der Waals surface area (Å²) in [4.78, 5) is 15.0. The fourth-order valence-electron chi connectivity index (χ4n) is 4.01.